The number of imidazole rings is 1. The lowest BCUT2D eigenvalue weighted by atomic mass is 9.86. The molecule has 0 bridgehead atoms. The Labute approximate surface area is 189 Å². The highest BCUT2D eigenvalue weighted by Gasteiger charge is 2.28. The maximum Gasteiger partial charge on any atom is 0.269 e. The molecular formula is C25H31ClN4O. The quantitative estimate of drug-likeness (QED) is 0.515. The molecule has 31 heavy (non-hydrogen) atoms. The molecule has 1 aliphatic heterocycles. The van der Waals surface area contributed by atoms with E-state index >= 15 is 0 Å². The van der Waals surface area contributed by atoms with Gasteiger partial charge in [-0.2, -0.15) is 0 Å². The fourth-order valence-corrected chi connectivity index (χ4v) is 4.78. The van der Waals surface area contributed by atoms with Crippen molar-refractivity contribution in [1.29, 1.82) is 0 Å². The third-order valence-electron chi connectivity index (χ3n) is 6.15. The smallest absolute Gasteiger partial charge is 0.269 e. The van der Waals surface area contributed by atoms with Crippen molar-refractivity contribution in [3.05, 3.63) is 71.1 Å². The fourth-order valence-electron chi connectivity index (χ4n) is 4.65. The number of nitrogens with one attached hydrogen (secondary N) is 1. The van der Waals surface area contributed by atoms with Gasteiger partial charge in [0.05, 0.1) is 6.17 Å². The van der Waals surface area contributed by atoms with Gasteiger partial charge in [-0.25, -0.2) is 4.98 Å². The molecule has 1 N–H and O–H groups in total. The summed E-state index contributed by atoms with van der Waals surface area (Å²) in [6, 6.07) is 13.8. The van der Waals surface area contributed by atoms with Gasteiger partial charge >= 0.3 is 0 Å². The van der Waals surface area contributed by atoms with Crippen LogP contribution in [0, 0.1) is 5.92 Å². The van der Waals surface area contributed by atoms with Gasteiger partial charge in [-0.05, 0) is 67.3 Å². The molecule has 0 radical (unpaired) electrons. The third-order valence-corrected chi connectivity index (χ3v) is 6.40. The van der Waals surface area contributed by atoms with Gasteiger partial charge in [0.25, 0.3) is 5.91 Å². The van der Waals surface area contributed by atoms with Gasteiger partial charge in [-0.1, -0.05) is 43.6 Å². The second kappa shape index (κ2) is 9.84. The van der Waals surface area contributed by atoms with E-state index < -0.39 is 0 Å². The molecule has 2 atom stereocenters. The molecule has 164 valence electrons. The van der Waals surface area contributed by atoms with Crippen LogP contribution in [0.15, 0.2) is 54.9 Å². The van der Waals surface area contributed by atoms with Gasteiger partial charge in [0.2, 0.25) is 0 Å². The summed E-state index contributed by atoms with van der Waals surface area (Å²) in [5.74, 6) is 0.863. The number of fused-ring (bicyclic) bond motifs is 1. The van der Waals surface area contributed by atoms with Crippen molar-refractivity contribution in [2.24, 2.45) is 5.92 Å². The Kier molecular flexibility index (Phi) is 6.93. The summed E-state index contributed by atoms with van der Waals surface area (Å²) in [7, 11) is 0. The maximum absolute atomic E-state index is 13.3. The lowest BCUT2D eigenvalue weighted by Crippen LogP contribution is -2.48. The van der Waals surface area contributed by atoms with Crippen LogP contribution < -0.4 is 5.32 Å². The standard InChI is InChI=1S/C25H31ClN4O/c1-18(2)16-20(19-8-10-21(26)11-9-19)17-24(29-13-3-4-14-29)28-25(31)22-6-5-7-23-27-12-15-30(22)23/h5-12,15,18,20,24H,3-4,13-14,16-17H2,1-2H3,(H,28,31). The zero-order chi connectivity index (χ0) is 21.8. The van der Waals surface area contributed by atoms with Gasteiger partial charge in [0.15, 0.2) is 0 Å². The van der Waals surface area contributed by atoms with Crippen LogP contribution in [0.4, 0.5) is 0 Å². The number of hydrogen-bond acceptors (Lipinski definition) is 3. The summed E-state index contributed by atoms with van der Waals surface area (Å²) < 4.78 is 1.85. The highest BCUT2D eigenvalue weighted by atomic mass is 35.5. The molecule has 1 fully saturated rings. The first-order valence-electron chi connectivity index (χ1n) is 11.2. The predicted molar refractivity (Wildman–Crippen MR) is 126 cm³/mol. The SMILES string of the molecule is CC(C)CC(CC(NC(=O)c1cccc2nccn12)N1CCCC1)c1ccc(Cl)cc1. The molecule has 1 aromatic carbocycles. The van der Waals surface area contributed by atoms with E-state index in [1.54, 1.807) is 6.20 Å². The molecule has 2 aromatic heterocycles. The van der Waals surface area contributed by atoms with E-state index in [0.29, 0.717) is 17.5 Å². The van der Waals surface area contributed by atoms with Gasteiger partial charge in [0, 0.05) is 30.5 Å². The molecule has 3 heterocycles. The third kappa shape index (κ3) is 5.28. The van der Waals surface area contributed by atoms with E-state index in [1.807, 2.05) is 40.9 Å². The Bertz CT molecular complexity index is 1010. The molecule has 4 rings (SSSR count). The summed E-state index contributed by atoms with van der Waals surface area (Å²) in [5, 5.41) is 4.11. The normalized spacial score (nSPS) is 16.6. The average molecular weight is 439 g/mol. The number of carbonyl (C=O) groups excluding carboxylic acids is 1. The number of hydrogen-bond donors (Lipinski definition) is 1. The molecule has 3 aromatic rings. The largest absolute Gasteiger partial charge is 0.335 e. The predicted octanol–water partition coefficient (Wildman–Crippen LogP) is 5.36. The monoisotopic (exact) mass is 438 g/mol. The van der Waals surface area contributed by atoms with Crippen LogP contribution in [0.25, 0.3) is 5.65 Å². The molecule has 1 saturated heterocycles. The molecule has 6 heteroatoms. The Morgan fingerprint density at radius 2 is 1.84 bits per heavy atom. The first-order valence-corrected chi connectivity index (χ1v) is 11.6. The number of halogens is 1. The number of rotatable bonds is 8. The molecule has 1 aliphatic rings. The zero-order valence-corrected chi connectivity index (χ0v) is 19.1. The van der Waals surface area contributed by atoms with Crippen molar-refractivity contribution in [3.8, 4) is 0 Å². The van der Waals surface area contributed by atoms with Gasteiger partial charge in [-0.15, -0.1) is 0 Å². The topological polar surface area (TPSA) is 49.6 Å². The first-order chi connectivity index (χ1) is 15.0. The number of carbonyl (C=O) groups is 1. The number of likely N-dealkylation sites (tertiary alicyclic amines) is 1. The Morgan fingerprint density at radius 3 is 2.55 bits per heavy atom. The number of amides is 1. The summed E-state index contributed by atoms with van der Waals surface area (Å²) in [6.45, 7) is 6.56. The van der Waals surface area contributed by atoms with Crippen LogP contribution in [0.1, 0.15) is 61.5 Å². The zero-order valence-electron chi connectivity index (χ0n) is 18.3. The second-order valence-corrected chi connectivity index (χ2v) is 9.35. The molecule has 0 spiro atoms. The first kappa shape index (κ1) is 21.8. The fraction of sp³-hybridized carbons (Fsp3) is 0.440. The number of pyridine rings is 1. The lowest BCUT2D eigenvalue weighted by Gasteiger charge is -2.32. The van der Waals surface area contributed by atoms with E-state index in [9.17, 15) is 4.79 Å². The van der Waals surface area contributed by atoms with Crippen molar-refractivity contribution in [1.82, 2.24) is 19.6 Å². The van der Waals surface area contributed by atoms with Crippen LogP contribution in [-0.4, -0.2) is 39.4 Å². The van der Waals surface area contributed by atoms with Crippen molar-refractivity contribution in [2.45, 2.75) is 51.6 Å². The Morgan fingerprint density at radius 1 is 1.10 bits per heavy atom. The van der Waals surface area contributed by atoms with E-state index in [2.05, 4.69) is 41.2 Å². The summed E-state index contributed by atoms with van der Waals surface area (Å²) in [6.07, 6.45) is 7.87. The van der Waals surface area contributed by atoms with Gasteiger partial charge < -0.3 is 5.32 Å². The van der Waals surface area contributed by atoms with E-state index in [4.69, 9.17) is 11.6 Å². The number of aromatic nitrogens is 2. The van der Waals surface area contributed by atoms with E-state index in [-0.39, 0.29) is 12.1 Å². The Hall–Kier alpha value is -2.37. The highest BCUT2D eigenvalue weighted by molar-refractivity contribution is 6.30. The van der Waals surface area contributed by atoms with E-state index in [0.717, 1.165) is 36.6 Å². The second-order valence-electron chi connectivity index (χ2n) is 8.91. The van der Waals surface area contributed by atoms with Gasteiger partial charge in [-0.3, -0.25) is 14.1 Å². The van der Waals surface area contributed by atoms with Crippen LogP contribution >= 0.6 is 11.6 Å². The van der Waals surface area contributed by atoms with Gasteiger partial charge in [0.1, 0.15) is 11.3 Å². The summed E-state index contributed by atoms with van der Waals surface area (Å²) >= 11 is 6.13. The molecule has 0 aliphatic carbocycles. The average Bonchev–Trinajstić information content (AvgIpc) is 3.44. The minimum atomic E-state index is -0.0556. The minimum absolute atomic E-state index is 0.00629. The van der Waals surface area contributed by atoms with Crippen molar-refractivity contribution < 1.29 is 4.79 Å². The number of benzene rings is 1. The maximum atomic E-state index is 13.3. The summed E-state index contributed by atoms with van der Waals surface area (Å²) in [4.78, 5) is 20.0. The lowest BCUT2D eigenvalue weighted by molar-refractivity contribution is 0.0848. The molecule has 2 unspecified atom stereocenters. The molecule has 0 saturated carbocycles. The molecule has 1 amide bonds. The van der Waals surface area contributed by atoms with Crippen LogP contribution in [0.3, 0.4) is 0 Å². The highest BCUT2D eigenvalue weighted by Crippen LogP contribution is 2.31. The van der Waals surface area contributed by atoms with Crippen molar-refractivity contribution >= 4 is 23.2 Å². The van der Waals surface area contributed by atoms with Crippen molar-refractivity contribution in [3.63, 3.8) is 0 Å². The van der Waals surface area contributed by atoms with Crippen LogP contribution in [0.5, 0.6) is 0 Å². The van der Waals surface area contributed by atoms with E-state index in [1.165, 1.54) is 18.4 Å². The summed E-state index contributed by atoms with van der Waals surface area (Å²) in [5.41, 5.74) is 2.68. The minimum Gasteiger partial charge on any atom is -0.335 e. The number of nitrogens with zero attached hydrogens (tertiary/aromatic N) is 3. The van der Waals surface area contributed by atoms with Crippen molar-refractivity contribution in [2.75, 3.05) is 13.1 Å². The van der Waals surface area contributed by atoms with Crippen LogP contribution in [-0.2, 0) is 0 Å². The molecule has 5 nitrogen and oxygen atoms in total. The Balaban J connectivity index is 1.58. The molecular weight excluding hydrogens is 408 g/mol. The van der Waals surface area contributed by atoms with Crippen LogP contribution in [0.2, 0.25) is 5.02 Å².